The highest BCUT2D eigenvalue weighted by Gasteiger charge is 2.16. The Morgan fingerprint density at radius 3 is 2.55 bits per heavy atom. The van der Waals surface area contributed by atoms with Crippen LogP contribution in [0.1, 0.15) is 22.8 Å². The number of pyridine rings is 1. The van der Waals surface area contributed by atoms with Crippen molar-refractivity contribution in [1.29, 1.82) is 0 Å². The third kappa shape index (κ3) is 2.23. The lowest BCUT2D eigenvalue weighted by Gasteiger charge is -2.16. The van der Waals surface area contributed by atoms with E-state index in [9.17, 15) is 5.11 Å². The zero-order valence-electron chi connectivity index (χ0n) is 11.0. The van der Waals surface area contributed by atoms with Crippen LogP contribution in [-0.2, 0) is 0 Å². The number of hydrogen-bond acceptors (Lipinski definition) is 2. The maximum Gasteiger partial charge on any atom is 0.106 e. The van der Waals surface area contributed by atoms with Gasteiger partial charge in [0.1, 0.15) is 6.10 Å². The summed E-state index contributed by atoms with van der Waals surface area (Å²) in [5.41, 5.74) is 3.64. The van der Waals surface area contributed by atoms with Gasteiger partial charge in [0.2, 0.25) is 0 Å². The number of nitrogens with zero attached hydrogens (tertiary/aromatic N) is 1. The minimum Gasteiger partial charge on any atom is -0.384 e. The Kier molecular flexibility index (Phi) is 3.55. The number of aliphatic hydroxyl groups excluding tert-OH is 1. The molecule has 3 rings (SSSR count). The standard InChI is InChI=1S/C17H14BrNO/c1-11-13(7-3-9-15(11)18)17(20)14-8-2-5-12-6-4-10-19-16(12)14/h2-10,17,20H,1H3. The molecule has 0 saturated heterocycles. The summed E-state index contributed by atoms with van der Waals surface area (Å²) in [7, 11) is 0. The molecular formula is C17H14BrNO. The summed E-state index contributed by atoms with van der Waals surface area (Å²) in [5, 5.41) is 11.8. The van der Waals surface area contributed by atoms with Crippen molar-refractivity contribution in [3.05, 3.63) is 75.9 Å². The lowest BCUT2D eigenvalue weighted by molar-refractivity contribution is 0.221. The van der Waals surface area contributed by atoms with Gasteiger partial charge in [0.25, 0.3) is 0 Å². The van der Waals surface area contributed by atoms with E-state index in [1.165, 1.54) is 0 Å². The molecule has 0 bridgehead atoms. The van der Waals surface area contributed by atoms with Crippen molar-refractivity contribution in [3.63, 3.8) is 0 Å². The Morgan fingerprint density at radius 2 is 1.70 bits per heavy atom. The van der Waals surface area contributed by atoms with E-state index < -0.39 is 6.10 Å². The molecule has 1 atom stereocenters. The molecule has 100 valence electrons. The largest absolute Gasteiger partial charge is 0.384 e. The summed E-state index contributed by atoms with van der Waals surface area (Å²) in [6, 6.07) is 15.7. The summed E-state index contributed by atoms with van der Waals surface area (Å²) in [6.45, 7) is 2.00. The van der Waals surface area contributed by atoms with E-state index in [-0.39, 0.29) is 0 Å². The maximum absolute atomic E-state index is 10.7. The van der Waals surface area contributed by atoms with E-state index in [2.05, 4.69) is 20.9 Å². The Labute approximate surface area is 126 Å². The molecule has 0 spiro atoms. The second kappa shape index (κ2) is 5.35. The van der Waals surface area contributed by atoms with Gasteiger partial charge >= 0.3 is 0 Å². The molecule has 3 heteroatoms. The normalized spacial score (nSPS) is 12.6. The van der Waals surface area contributed by atoms with Gasteiger partial charge in [0.15, 0.2) is 0 Å². The van der Waals surface area contributed by atoms with Gasteiger partial charge in [-0.1, -0.05) is 52.3 Å². The number of para-hydroxylation sites is 1. The number of aliphatic hydroxyl groups is 1. The van der Waals surface area contributed by atoms with Gasteiger partial charge < -0.3 is 5.11 Å². The molecule has 0 aliphatic carbocycles. The SMILES string of the molecule is Cc1c(Br)cccc1C(O)c1cccc2cccnc12. The Balaban J connectivity index is 2.18. The van der Waals surface area contributed by atoms with Crippen LogP contribution in [0.25, 0.3) is 10.9 Å². The van der Waals surface area contributed by atoms with E-state index in [0.29, 0.717) is 0 Å². The number of rotatable bonds is 2. The topological polar surface area (TPSA) is 33.1 Å². The summed E-state index contributed by atoms with van der Waals surface area (Å²) in [5.74, 6) is 0. The molecule has 1 heterocycles. The lowest BCUT2D eigenvalue weighted by Crippen LogP contribution is -2.03. The van der Waals surface area contributed by atoms with Gasteiger partial charge in [0.05, 0.1) is 5.52 Å². The highest BCUT2D eigenvalue weighted by Crippen LogP contribution is 2.31. The molecule has 0 aliphatic rings. The highest BCUT2D eigenvalue weighted by atomic mass is 79.9. The van der Waals surface area contributed by atoms with Crippen LogP contribution in [0, 0.1) is 6.92 Å². The van der Waals surface area contributed by atoms with Crippen molar-refractivity contribution >= 4 is 26.8 Å². The molecule has 0 radical (unpaired) electrons. The zero-order valence-corrected chi connectivity index (χ0v) is 12.6. The third-order valence-corrected chi connectivity index (χ3v) is 4.42. The number of benzene rings is 2. The first-order valence-electron chi connectivity index (χ1n) is 6.45. The molecule has 2 nitrogen and oxygen atoms in total. The number of hydrogen-bond donors (Lipinski definition) is 1. The van der Waals surface area contributed by atoms with Crippen LogP contribution < -0.4 is 0 Å². The maximum atomic E-state index is 10.7. The first-order valence-corrected chi connectivity index (χ1v) is 7.24. The number of halogens is 1. The van der Waals surface area contributed by atoms with Crippen molar-refractivity contribution in [2.45, 2.75) is 13.0 Å². The zero-order chi connectivity index (χ0) is 14.1. The van der Waals surface area contributed by atoms with Gasteiger partial charge in [0, 0.05) is 21.6 Å². The molecule has 0 saturated carbocycles. The summed E-state index contributed by atoms with van der Waals surface area (Å²) in [6.07, 6.45) is 1.08. The molecule has 0 amide bonds. The molecule has 3 aromatic rings. The first kappa shape index (κ1) is 13.3. The second-order valence-electron chi connectivity index (χ2n) is 4.78. The average Bonchev–Trinajstić information content (AvgIpc) is 2.49. The van der Waals surface area contributed by atoms with Crippen molar-refractivity contribution in [3.8, 4) is 0 Å². The first-order chi connectivity index (χ1) is 9.68. The van der Waals surface area contributed by atoms with E-state index in [1.54, 1.807) is 6.20 Å². The molecule has 2 aromatic carbocycles. The van der Waals surface area contributed by atoms with Crippen LogP contribution >= 0.6 is 15.9 Å². The molecule has 0 aliphatic heterocycles. The number of fused-ring (bicyclic) bond motifs is 1. The minimum absolute atomic E-state index is 0.675. The Morgan fingerprint density at radius 1 is 1.00 bits per heavy atom. The van der Waals surface area contributed by atoms with Crippen LogP contribution in [0.3, 0.4) is 0 Å². The van der Waals surface area contributed by atoms with Crippen LogP contribution in [0.4, 0.5) is 0 Å². The molecule has 0 fully saturated rings. The van der Waals surface area contributed by atoms with Gasteiger partial charge in [-0.2, -0.15) is 0 Å². The van der Waals surface area contributed by atoms with Crippen molar-refractivity contribution in [2.24, 2.45) is 0 Å². The van der Waals surface area contributed by atoms with Gasteiger partial charge in [-0.05, 0) is 30.2 Å². The van der Waals surface area contributed by atoms with Gasteiger partial charge in [-0.3, -0.25) is 4.98 Å². The van der Waals surface area contributed by atoms with Gasteiger partial charge in [-0.15, -0.1) is 0 Å². The molecule has 1 unspecified atom stereocenters. The summed E-state index contributed by atoms with van der Waals surface area (Å²) in [4.78, 5) is 4.41. The Hall–Kier alpha value is -1.71. The third-order valence-electron chi connectivity index (χ3n) is 3.56. The summed E-state index contributed by atoms with van der Waals surface area (Å²) < 4.78 is 1.00. The second-order valence-corrected chi connectivity index (χ2v) is 5.63. The molecular weight excluding hydrogens is 314 g/mol. The fraction of sp³-hybridized carbons (Fsp3) is 0.118. The highest BCUT2D eigenvalue weighted by molar-refractivity contribution is 9.10. The van der Waals surface area contributed by atoms with E-state index in [0.717, 1.165) is 32.1 Å². The Bertz CT molecular complexity index is 765. The van der Waals surface area contributed by atoms with Gasteiger partial charge in [-0.25, -0.2) is 0 Å². The van der Waals surface area contributed by atoms with Crippen molar-refractivity contribution < 1.29 is 5.11 Å². The van der Waals surface area contributed by atoms with Crippen molar-refractivity contribution in [1.82, 2.24) is 4.98 Å². The summed E-state index contributed by atoms with van der Waals surface area (Å²) >= 11 is 3.51. The molecule has 1 aromatic heterocycles. The molecule has 1 N–H and O–H groups in total. The van der Waals surface area contributed by atoms with Crippen LogP contribution in [0.5, 0.6) is 0 Å². The van der Waals surface area contributed by atoms with Crippen molar-refractivity contribution in [2.75, 3.05) is 0 Å². The van der Waals surface area contributed by atoms with Crippen LogP contribution in [0.15, 0.2) is 59.2 Å². The predicted octanol–water partition coefficient (Wildman–Crippen LogP) is 4.39. The molecule has 20 heavy (non-hydrogen) atoms. The van der Waals surface area contributed by atoms with Crippen LogP contribution in [-0.4, -0.2) is 10.1 Å². The fourth-order valence-corrected chi connectivity index (χ4v) is 2.82. The predicted molar refractivity (Wildman–Crippen MR) is 84.7 cm³/mol. The average molecular weight is 328 g/mol. The fourth-order valence-electron chi connectivity index (χ4n) is 2.44. The minimum atomic E-state index is -0.675. The monoisotopic (exact) mass is 327 g/mol. The van der Waals surface area contributed by atoms with E-state index in [1.807, 2.05) is 55.5 Å². The smallest absolute Gasteiger partial charge is 0.106 e. The quantitative estimate of drug-likeness (QED) is 0.757. The number of aromatic nitrogens is 1. The van der Waals surface area contributed by atoms with Crippen LogP contribution in [0.2, 0.25) is 0 Å². The van der Waals surface area contributed by atoms with E-state index in [4.69, 9.17) is 0 Å². The van der Waals surface area contributed by atoms with E-state index >= 15 is 0 Å². The lowest BCUT2D eigenvalue weighted by atomic mass is 9.96.